The fourth-order valence-electron chi connectivity index (χ4n) is 5.75. The van der Waals surface area contributed by atoms with Gasteiger partial charge >= 0.3 is 8.60 Å². The Bertz CT molecular complexity index is 1080. The van der Waals surface area contributed by atoms with Crippen LogP contribution in [0.2, 0.25) is 0 Å². The van der Waals surface area contributed by atoms with Gasteiger partial charge in [-0.1, -0.05) is 103 Å². The van der Waals surface area contributed by atoms with E-state index in [9.17, 15) is 10.2 Å². The summed E-state index contributed by atoms with van der Waals surface area (Å²) < 4.78 is 24.4. The molecule has 3 unspecified atom stereocenters. The van der Waals surface area contributed by atoms with Crippen LogP contribution in [0.15, 0.2) is 18.5 Å². The molecule has 2 aromatic heterocycles. The van der Waals surface area contributed by atoms with E-state index in [1.54, 1.807) is 4.52 Å². The van der Waals surface area contributed by atoms with E-state index in [2.05, 4.69) is 23.1 Å². The van der Waals surface area contributed by atoms with Crippen molar-refractivity contribution in [2.75, 3.05) is 32.2 Å². The Balaban J connectivity index is 1.11. The molecule has 2 aromatic rings. The van der Waals surface area contributed by atoms with Gasteiger partial charge in [0.05, 0.1) is 18.9 Å². The Morgan fingerprint density at radius 1 is 0.932 bits per heavy atom. The molecule has 11 heteroatoms. The zero-order valence-electron chi connectivity index (χ0n) is 27.0. The van der Waals surface area contributed by atoms with Crippen molar-refractivity contribution < 1.29 is 23.4 Å². The summed E-state index contributed by atoms with van der Waals surface area (Å²) in [5.41, 5.74) is 6.26. The predicted molar refractivity (Wildman–Crippen MR) is 175 cm³/mol. The lowest BCUT2D eigenvalue weighted by Crippen LogP contribution is -2.31. The fourth-order valence-corrected chi connectivity index (χ4v) is 6.43. The van der Waals surface area contributed by atoms with Gasteiger partial charge in [0.25, 0.3) is 0 Å². The van der Waals surface area contributed by atoms with Crippen LogP contribution in [0.3, 0.4) is 0 Å². The number of anilines is 1. The Morgan fingerprint density at radius 2 is 1.55 bits per heavy atom. The summed E-state index contributed by atoms with van der Waals surface area (Å²) in [7, 11) is -2.10. The molecule has 3 atom stereocenters. The van der Waals surface area contributed by atoms with E-state index >= 15 is 0 Å². The van der Waals surface area contributed by atoms with Crippen molar-refractivity contribution >= 4 is 19.9 Å². The molecule has 1 fully saturated rings. The molecule has 0 amide bonds. The van der Waals surface area contributed by atoms with Crippen molar-refractivity contribution in [1.29, 1.82) is 5.26 Å². The maximum atomic E-state index is 10.2. The zero-order valence-corrected chi connectivity index (χ0v) is 27.9. The summed E-state index contributed by atoms with van der Waals surface area (Å²) in [6, 6.07) is 5.94. The van der Waals surface area contributed by atoms with Crippen molar-refractivity contribution in [3.05, 3.63) is 24.2 Å². The molecule has 0 saturated carbocycles. The molecule has 0 aliphatic carbocycles. The lowest BCUT2D eigenvalue weighted by Gasteiger charge is -2.22. The van der Waals surface area contributed by atoms with Crippen LogP contribution in [-0.2, 0) is 18.5 Å². The summed E-state index contributed by atoms with van der Waals surface area (Å²) in [4.78, 5) is 14.2. The first-order valence-electron chi connectivity index (χ1n) is 17.1. The number of nitrogens with zero attached hydrogens (tertiary/aromatic N) is 4. The third-order valence-electron chi connectivity index (χ3n) is 8.41. The number of unbranched alkanes of at least 4 members (excludes halogenated alkanes) is 15. The predicted octanol–water partition coefficient (Wildman–Crippen LogP) is 8.35. The van der Waals surface area contributed by atoms with E-state index in [1.165, 1.54) is 103 Å². The van der Waals surface area contributed by atoms with Gasteiger partial charge in [-0.05, 0) is 37.8 Å². The van der Waals surface area contributed by atoms with Crippen LogP contribution in [0.5, 0.6) is 0 Å². The second-order valence-corrected chi connectivity index (χ2v) is 13.1. The average Bonchev–Trinajstić information content (AvgIpc) is 3.66. The van der Waals surface area contributed by atoms with Gasteiger partial charge in [0.15, 0.2) is 11.4 Å². The lowest BCUT2D eigenvalue weighted by atomic mass is 10.0. The van der Waals surface area contributed by atoms with Gasteiger partial charge in [-0.2, -0.15) is 10.4 Å². The molecule has 1 saturated heterocycles. The van der Waals surface area contributed by atoms with Gasteiger partial charge in [-0.3, -0.25) is 0 Å². The largest absolute Gasteiger partial charge is 0.382 e. The second-order valence-electron chi connectivity index (χ2n) is 12.1. The van der Waals surface area contributed by atoms with Crippen molar-refractivity contribution in [1.82, 2.24) is 14.6 Å². The van der Waals surface area contributed by atoms with Crippen LogP contribution in [0, 0.1) is 11.3 Å². The molecule has 1 aliphatic rings. The van der Waals surface area contributed by atoms with Gasteiger partial charge in [-0.25, -0.2) is 9.50 Å². The molecule has 0 spiro atoms. The summed E-state index contributed by atoms with van der Waals surface area (Å²) in [6.07, 6.45) is 24.6. The molecule has 1 aliphatic heterocycles. The Hall–Kier alpha value is -1.86. The topological polar surface area (TPSA) is 137 Å². The van der Waals surface area contributed by atoms with E-state index in [0.29, 0.717) is 43.8 Å². The van der Waals surface area contributed by atoms with E-state index in [1.807, 2.05) is 12.1 Å². The first-order valence-corrected chi connectivity index (χ1v) is 18.2. The minimum Gasteiger partial charge on any atom is -0.382 e. The molecular formula is C33H56N5O5P. The molecule has 3 N–H and O–H groups in total. The highest BCUT2D eigenvalue weighted by Crippen LogP contribution is 2.43. The van der Waals surface area contributed by atoms with Crippen molar-refractivity contribution in [3.8, 4) is 6.07 Å². The highest BCUT2D eigenvalue weighted by molar-refractivity contribution is 7.40. The molecule has 0 aromatic carbocycles. The van der Waals surface area contributed by atoms with Crippen LogP contribution < -0.4 is 5.73 Å². The standard InChI is InChI=1S/C33H56N5O5P/c1-2-3-4-5-6-7-8-9-10-11-12-13-14-15-16-17-23-40-24-18-25-41-44(39)42-27-33(26-34)22-21-31(43-33)29-19-20-30-32(35)36-28-37-38(29)30/h19-20,28,31,39H,2-18,21-25,27H2,1H3,(H2,35,36,37). The molecule has 44 heavy (non-hydrogen) atoms. The summed E-state index contributed by atoms with van der Waals surface area (Å²) >= 11 is 0. The van der Waals surface area contributed by atoms with Crippen LogP contribution in [0.1, 0.15) is 141 Å². The number of nitrogen functional groups attached to an aromatic ring is 1. The minimum atomic E-state index is -2.10. The van der Waals surface area contributed by atoms with Gasteiger partial charge in [0, 0.05) is 13.2 Å². The van der Waals surface area contributed by atoms with Crippen molar-refractivity contribution in [2.24, 2.45) is 0 Å². The third-order valence-corrected chi connectivity index (χ3v) is 9.16. The SMILES string of the molecule is CCCCCCCCCCCCCCCCCCOCCCOP(O)OCC1(C#N)CCC(c2ccc3c(N)ncnn23)O1. The quantitative estimate of drug-likeness (QED) is 0.0773. The lowest BCUT2D eigenvalue weighted by molar-refractivity contribution is -0.0359. The number of hydrogen-bond donors (Lipinski definition) is 2. The summed E-state index contributed by atoms with van der Waals surface area (Å²) in [5, 5.41) is 14.1. The highest BCUT2D eigenvalue weighted by atomic mass is 31.2. The van der Waals surface area contributed by atoms with E-state index in [-0.39, 0.29) is 12.7 Å². The van der Waals surface area contributed by atoms with E-state index < -0.39 is 14.2 Å². The molecule has 0 bridgehead atoms. The summed E-state index contributed by atoms with van der Waals surface area (Å²) in [5.74, 6) is 0.382. The normalized spacial score (nSPS) is 19.1. The van der Waals surface area contributed by atoms with Crippen LogP contribution in [0.25, 0.3) is 5.52 Å². The zero-order chi connectivity index (χ0) is 31.3. The summed E-state index contributed by atoms with van der Waals surface area (Å²) in [6.45, 7) is 3.90. The highest BCUT2D eigenvalue weighted by Gasteiger charge is 2.43. The van der Waals surface area contributed by atoms with Crippen LogP contribution in [0.4, 0.5) is 5.82 Å². The molecule has 248 valence electrons. The Kier molecular flexibility index (Phi) is 18.1. The van der Waals surface area contributed by atoms with Crippen molar-refractivity contribution in [3.63, 3.8) is 0 Å². The number of ether oxygens (including phenoxy) is 2. The maximum absolute atomic E-state index is 10.2. The smallest absolute Gasteiger partial charge is 0.329 e. The first kappa shape index (κ1) is 36.6. The van der Waals surface area contributed by atoms with E-state index in [4.69, 9.17) is 24.3 Å². The number of aromatic nitrogens is 3. The number of rotatable bonds is 26. The third kappa shape index (κ3) is 13.2. The van der Waals surface area contributed by atoms with Crippen LogP contribution in [-0.4, -0.2) is 51.5 Å². The molecule has 3 heterocycles. The second kappa shape index (κ2) is 21.8. The Morgan fingerprint density at radius 3 is 2.18 bits per heavy atom. The number of fused-ring (bicyclic) bond motifs is 1. The van der Waals surface area contributed by atoms with Gasteiger partial charge in [0.2, 0.25) is 0 Å². The minimum absolute atomic E-state index is 0.0710. The number of nitrogens with two attached hydrogens (primary N) is 1. The maximum Gasteiger partial charge on any atom is 0.329 e. The molecule has 10 nitrogen and oxygen atoms in total. The molecule has 0 radical (unpaired) electrons. The van der Waals surface area contributed by atoms with Gasteiger partial charge in [0.1, 0.15) is 24.0 Å². The molecular weight excluding hydrogens is 577 g/mol. The van der Waals surface area contributed by atoms with Crippen molar-refractivity contribution in [2.45, 2.75) is 141 Å². The first-order chi connectivity index (χ1) is 21.6. The van der Waals surface area contributed by atoms with Gasteiger partial charge < -0.3 is 29.1 Å². The van der Waals surface area contributed by atoms with Gasteiger partial charge in [-0.15, -0.1) is 0 Å². The molecule has 3 rings (SSSR count). The number of nitriles is 1. The Labute approximate surface area is 266 Å². The monoisotopic (exact) mass is 633 g/mol. The van der Waals surface area contributed by atoms with Crippen LogP contribution >= 0.6 is 8.60 Å². The fraction of sp³-hybridized carbons (Fsp3) is 0.788. The average molecular weight is 634 g/mol. The van der Waals surface area contributed by atoms with E-state index in [0.717, 1.165) is 18.7 Å². The number of hydrogen-bond acceptors (Lipinski definition) is 9.